The molecular formula is C11H12FNO. The van der Waals surface area contributed by atoms with Crippen LogP contribution in [0.2, 0.25) is 0 Å². The number of benzene rings is 1. The highest BCUT2D eigenvalue weighted by Gasteiger charge is 2.23. The summed E-state index contributed by atoms with van der Waals surface area (Å²) in [6.07, 6.45) is 0.823. The number of nitrogens with zero attached hydrogens (tertiary/aromatic N) is 1. The molecule has 74 valence electrons. The second-order valence-corrected chi connectivity index (χ2v) is 3.73. The van der Waals surface area contributed by atoms with Gasteiger partial charge < -0.3 is 4.90 Å². The van der Waals surface area contributed by atoms with Crippen molar-refractivity contribution in [3.63, 3.8) is 0 Å². The first-order chi connectivity index (χ1) is 6.59. The number of hydrogen-bond acceptors (Lipinski definition) is 1. The molecule has 3 heteroatoms. The molecule has 1 aliphatic rings. The zero-order valence-corrected chi connectivity index (χ0v) is 8.30. The summed E-state index contributed by atoms with van der Waals surface area (Å²) in [6.45, 7) is 2.57. The van der Waals surface area contributed by atoms with Crippen LogP contribution in [0.25, 0.3) is 0 Å². The second kappa shape index (κ2) is 3.08. The van der Waals surface area contributed by atoms with Gasteiger partial charge in [-0.15, -0.1) is 0 Å². The Hall–Kier alpha value is -1.38. The lowest BCUT2D eigenvalue weighted by molar-refractivity contribution is 0.0780. The minimum atomic E-state index is -0.329. The topological polar surface area (TPSA) is 20.3 Å². The largest absolute Gasteiger partial charge is 0.341 e. The van der Waals surface area contributed by atoms with E-state index in [1.807, 2.05) is 6.92 Å². The molecule has 1 amide bonds. The molecule has 0 fully saturated rings. The normalized spacial score (nSPS) is 15.6. The van der Waals surface area contributed by atoms with Crippen LogP contribution >= 0.6 is 0 Å². The van der Waals surface area contributed by atoms with Crippen LogP contribution < -0.4 is 0 Å². The van der Waals surface area contributed by atoms with Crippen molar-refractivity contribution >= 4 is 5.91 Å². The zero-order chi connectivity index (χ0) is 10.3. The summed E-state index contributed by atoms with van der Waals surface area (Å²) < 4.78 is 13.1. The third kappa shape index (κ3) is 1.29. The van der Waals surface area contributed by atoms with Crippen molar-refractivity contribution in [3.05, 3.63) is 34.6 Å². The van der Waals surface area contributed by atoms with Gasteiger partial charge in [-0.1, -0.05) is 0 Å². The zero-order valence-electron chi connectivity index (χ0n) is 8.30. The monoisotopic (exact) mass is 193 g/mol. The van der Waals surface area contributed by atoms with Crippen molar-refractivity contribution in [1.82, 2.24) is 4.90 Å². The number of likely N-dealkylation sites (N-methyl/N-ethyl adjacent to an activating group) is 1. The number of amides is 1. The van der Waals surface area contributed by atoms with Gasteiger partial charge in [-0.25, -0.2) is 4.39 Å². The fourth-order valence-corrected chi connectivity index (χ4v) is 1.88. The summed E-state index contributed by atoms with van der Waals surface area (Å²) in [7, 11) is 1.74. The van der Waals surface area contributed by atoms with E-state index in [4.69, 9.17) is 0 Å². The molecule has 1 aromatic rings. The van der Waals surface area contributed by atoms with Gasteiger partial charge >= 0.3 is 0 Å². The average molecular weight is 193 g/mol. The Kier molecular flexibility index (Phi) is 2.02. The van der Waals surface area contributed by atoms with Gasteiger partial charge in [0.15, 0.2) is 0 Å². The van der Waals surface area contributed by atoms with Crippen LogP contribution in [-0.4, -0.2) is 24.4 Å². The predicted octanol–water partition coefficient (Wildman–Crippen LogP) is 1.76. The van der Waals surface area contributed by atoms with E-state index in [2.05, 4.69) is 0 Å². The van der Waals surface area contributed by atoms with Crippen molar-refractivity contribution in [2.24, 2.45) is 0 Å². The SMILES string of the molecule is Cc1cc(F)cc2c1CCN(C)C2=O. The molecule has 0 atom stereocenters. The number of aryl methyl sites for hydroxylation is 1. The molecule has 0 bridgehead atoms. The van der Waals surface area contributed by atoms with Gasteiger partial charge in [0.25, 0.3) is 5.91 Å². The summed E-state index contributed by atoms with van der Waals surface area (Å²) >= 11 is 0. The molecule has 0 saturated heterocycles. The molecule has 1 heterocycles. The van der Waals surface area contributed by atoms with Crippen molar-refractivity contribution in [1.29, 1.82) is 0 Å². The second-order valence-electron chi connectivity index (χ2n) is 3.73. The van der Waals surface area contributed by atoms with E-state index in [-0.39, 0.29) is 11.7 Å². The Morgan fingerprint density at radius 3 is 2.86 bits per heavy atom. The number of fused-ring (bicyclic) bond motifs is 1. The average Bonchev–Trinajstić information content (AvgIpc) is 2.12. The molecule has 1 aromatic carbocycles. The lowest BCUT2D eigenvalue weighted by Crippen LogP contribution is -2.34. The summed E-state index contributed by atoms with van der Waals surface area (Å²) in [5, 5.41) is 0. The standard InChI is InChI=1S/C11H12FNO/c1-7-5-8(12)6-10-9(7)3-4-13(2)11(10)14/h5-6H,3-4H2,1-2H3. The molecule has 2 rings (SSSR count). The van der Waals surface area contributed by atoms with E-state index >= 15 is 0 Å². The molecule has 0 saturated carbocycles. The maximum atomic E-state index is 13.1. The van der Waals surface area contributed by atoms with E-state index in [9.17, 15) is 9.18 Å². The van der Waals surface area contributed by atoms with Gasteiger partial charge in [-0.05, 0) is 36.6 Å². The van der Waals surface area contributed by atoms with Gasteiger partial charge in [0.2, 0.25) is 0 Å². The first-order valence-corrected chi connectivity index (χ1v) is 4.64. The number of rotatable bonds is 0. The maximum absolute atomic E-state index is 13.1. The third-order valence-corrected chi connectivity index (χ3v) is 2.71. The number of carbonyl (C=O) groups excluding carboxylic acids is 1. The minimum Gasteiger partial charge on any atom is -0.341 e. The molecule has 2 nitrogen and oxygen atoms in total. The fraction of sp³-hybridized carbons (Fsp3) is 0.364. The van der Waals surface area contributed by atoms with Crippen molar-refractivity contribution in [3.8, 4) is 0 Å². The summed E-state index contributed by atoms with van der Waals surface area (Å²) in [6, 6.07) is 2.82. The maximum Gasteiger partial charge on any atom is 0.253 e. The van der Waals surface area contributed by atoms with Crippen LogP contribution in [0.3, 0.4) is 0 Å². The summed E-state index contributed by atoms with van der Waals surface area (Å²) in [5.41, 5.74) is 2.40. The lowest BCUT2D eigenvalue weighted by atomic mass is 9.95. The Bertz CT molecular complexity index is 401. The minimum absolute atomic E-state index is 0.0751. The van der Waals surface area contributed by atoms with Crippen molar-refractivity contribution < 1.29 is 9.18 Å². The van der Waals surface area contributed by atoms with E-state index in [0.29, 0.717) is 5.56 Å². The summed E-state index contributed by atoms with van der Waals surface area (Å²) in [5.74, 6) is -0.404. The summed E-state index contributed by atoms with van der Waals surface area (Å²) in [4.78, 5) is 13.3. The molecule has 0 spiro atoms. The van der Waals surface area contributed by atoms with Crippen LogP contribution in [0.4, 0.5) is 4.39 Å². The Morgan fingerprint density at radius 1 is 1.43 bits per heavy atom. The highest BCUT2D eigenvalue weighted by atomic mass is 19.1. The van der Waals surface area contributed by atoms with E-state index in [0.717, 1.165) is 24.1 Å². The molecule has 0 aromatic heterocycles. The van der Waals surface area contributed by atoms with E-state index < -0.39 is 0 Å². The smallest absolute Gasteiger partial charge is 0.253 e. The van der Waals surface area contributed by atoms with Gasteiger partial charge in [0.1, 0.15) is 5.82 Å². The van der Waals surface area contributed by atoms with Crippen LogP contribution in [0, 0.1) is 12.7 Å². The highest BCUT2D eigenvalue weighted by molar-refractivity contribution is 5.96. The first-order valence-electron chi connectivity index (χ1n) is 4.64. The van der Waals surface area contributed by atoms with Gasteiger partial charge in [0.05, 0.1) is 0 Å². The number of hydrogen-bond donors (Lipinski definition) is 0. The Labute approximate surface area is 82.3 Å². The lowest BCUT2D eigenvalue weighted by Gasteiger charge is -2.25. The number of halogens is 1. The molecule has 0 aliphatic carbocycles. The Balaban J connectivity index is 2.60. The van der Waals surface area contributed by atoms with E-state index in [1.54, 1.807) is 11.9 Å². The van der Waals surface area contributed by atoms with Gasteiger partial charge in [0, 0.05) is 19.2 Å². The third-order valence-electron chi connectivity index (χ3n) is 2.71. The Morgan fingerprint density at radius 2 is 2.14 bits per heavy atom. The molecular weight excluding hydrogens is 181 g/mol. The molecule has 0 unspecified atom stereocenters. The van der Waals surface area contributed by atoms with Crippen molar-refractivity contribution in [2.45, 2.75) is 13.3 Å². The van der Waals surface area contributed by atoms with Gasteiger partial charge in [-0.3, -0.25) is 4.79 Å². The van der Waals surface area contributed by atoms with Crippen LogP contribution in [0.1, 0.15) is 21.5 Å². The molecule has 14 heavy (non-hydrogen) atoms. The van der Waals surface area contributed by atoms with Gasteiger partial charge in [-0.2, -0.15) is 0 Å². The quantitative estimate of drug-likeness (QED) is 0.614. The molecule has 1 aliphatic heterocycles. The fourth-order valence-electron chi connectivity index (χ4n) is 1.88. The van der Waals surface area contributed by atoms with E-state index in [1.165, 1.54) is 12.1 Å². The molecule has 0 radical (unpaired) electrons. The van der Waals surface area contributed by atoms with Crippen molar-refractivity contribution in [2.75, 3.05) is 13.6 Å². The van der Waals surface area contributed by atoms with Crippen LogP contribution in [-0.2, 0) is 6.42 Å². The molecule has 0 N–H and O–H groups in total. The van der Waals surface area contributed by atoms with Crippen LogP contribution in [0.15, 0.2) is 12.1 Å². The van der Waals surface area contributed by atoms with Crippen LogP contribution in [0.5, 0.6) is 0 Å². The first kappa shape index (κ1) is 9.19. The highest BCUT2D eigenvalue weighted by Crippen LogP contribution is 2.22. The number of carbonyl (C=O) groups is 1. The predicted molar refractivity (Wildman–Crippen MR) is 51.8 cm³/mol.